The van der Waals surface area contributed by atoms with Crippen molar-refractivity contribution in [1.29, 1.82) is 0 Å². The zero-order valence-electron chi connectivity index (χ0n) is 13.2. The highest BCUT2D eigenvalue weighted by Crippen LogP contribution is 2.34. The first-order chi connectivity index (χ1) is 11.9. The second kappa shape index (κ2) is 7.12. The number of fused-ring (bicyclic) bond motifs is 1. The number of rotatable bonds is 4. The first-order valence-electron chi connectivity index (χ1n) is 7.56. The zero-order chi connectivity index (χ0) is 18.1. The van der Waals surface area contributed by atoms with Crippen molar-refractivity contribution in [2.24, 2.45) is 0 Å². The van der Waals surface area contributed by atoms with E-state index in [9.17, 15) is 25.2 Å². The molecule has 0 unspecified atom stereocenters. The van der Waals surface area contributed by atoms with Gasteiger partial charge in [-0.3, -0.25) is 4.79 Å². The van der Waals surface area contributed by atoms with Crippen molar-refractivity contribution in [3.8, 4) is 11.5 Å². The van der Waals surface area contributed by atoms with E-state index in [1.165, 1.54) is 7.11 Å². The maximum atomic E-state index is 12.1. The van der Waals surface area contributed by atoms with E-state index in [0.29, 0.717) is 11.4 Å². The number of benzene rings is 1. The molecule has 1 fully saturated rings. The molecular formula is C15H19NO9. The van der Waals surface area contributed by atoms with E-state index in [-0.39, 0.29) is 5.75 Å². The predicted molar refractivity (Wildman–Crippen MR) is 80.9 cm³/mol. The highest BCUT2D eigenvalue weighted by molar-refractivity contribution is 5.97. The van der Waals surface area contributed by atoms with Gasteiger partial charge in [0, 0.05) is 6.07 Å². The third-order valence-electron chi connectivity index (χ3n) is 4.00. The summed E-state index contributed by atoms with van der Waals surface area (Å²) in [6, 6.07) is 4.77. The number of aliphatic hydroxyl groups excluding tert-OH is 4. The fraction of sp³-hybridized carbons (Fsp3) is 0.533. The number of nitrogens with one attached hydrogen (secondary N) is 1. The van der Waals surface area contributed by atoms with Gasteiger partial charge < -0.3 is 44.7 Å². The number of ether oxygens (including phenoxy) is 4. The molecule has 0 aromatic heterocycles. The summed E-state index contributed by atoms with van der Waals surface area (Å²) in [6.07, 6.45) is -8.89. The molecule has 138 valence electrons. The number of methoxy groups -OCH3 is 1. The van der Waals surface area contributed by atoms with Crippen molar-refractivity contribution in [3.63, 3.8) is 0 Å². The molecule has 5 N–H and O–H groups in total. The van der Waals surface area contributed by atoms with Crippen LogP contribution in [0.5, 0.6) is 11.5 Å². The molecule has 2 heterocycles. The van der Waals surface area contributed by atoms with Crippen molar-refractivity contribution >= 4 is 11.6 Å². The number of carbonyl (C=O) groups excluding carboxylic acids is 1. The number of aliphatic hydroxyl groups is 4. The lowest BCUT2D eigenvalue weighted by Crippen LogP contribution is -2.60. The van der Waals surface area contributed by atoms with Gasteiger partial charge in [-0.25, -0.2) is 0 Å². The van der Waals surface area contributed by atoms with Gasteiger partial charge in [-0.05, 0) is 12.1 Å². The molecule has 10 nitrogen and oxygen atoms in total. The van der Waals surface area contributed by atoms with Crippen LogP contribution in [0.4, 0.5) is 5.69 Å². The summed E-state index contributed by atoms with van der Waals surface area (Å²) >= 11 is 0. The Morgan fingerprint density at radius 2 is 1.96 bits per heavy atom. The van der Waals surface area contributed by atoms with E-state index in [1.807, 2.05) is 0 Å². The molecule has 0 spiro atoms. The molecule has 2 aliphatic heterocycles. The first kappa shape index (κ1) is 17.9. The van der Waals surface area contributed by atoms with Crippen LogP contribution in [0.1, 0.15) is 0 Å². The summed E-state index contributed by atoms with van der Waals surface area (Å²) in [7, 11) is 1.48. The number of anilines is 1. The van der Waals surface area contributed by atoms with Gasteiger partial charge in [-0.1, -0.05) is 0 Å². The smallest absolute Gasteiger partial charge is 0.294 e. The Kier molecular flexibility index (Phi) is 5.08. The topological polar surface area (TPSA) is 147 Å². The molecule has 1 aromatic rings. The van der Waals surface area contributed by atoms with Crippen molar-refractivity contribution in [3.05, 3.63) is 18.2 Å². The average molecular weight is 357 g/mol. The van der Waals surface area contributed by atoms with Crippen LogP contribution in [0.15, 0.2) is 18.2 Å². The Bertz CT molecular complexity index is 637. The van der Waals surface area contributed by atoms with Crippen molar-refractivity contribution < 1.29 is 44.2 Å². The highest BCUT2D eigenvalue weighted by Gasteiger charge is 2.46. The Morgan fingerprint density at radius 1 is 1.20 bits per heavy atom. The third-order valence-corrected chi connectivity index (χ3v) is 4.00. The lowest BCUT2D eigenvalue weighted by atomic mass is 9.99. The fourth-order valence-corrected chi connectivity index (χ4v) is 2.58. The molecule has 1 saturated heterocycles. The molecule has 25 heavy (non-hydrogen) atoms. The van der Waals surface area contributed by atoms with Gasteiger partial charge >= 0.3 is 0 Å². The Labute approximate surface area is 142 Å². The number of hydrogen-bond acceptors (Lipinski definition) is 9. The monoisotopic (exact) mass is 357 g/mol. The second-order valence-electron chi connectivity index (χ2n) is 5.63. The van der Waals surface area contributed by atoms with Crippen LogP contribution in [-0.4, -0.2) is 77.0 Å². The number of carbonyl (C=O) groups is 1. The Balaban J connectivity index is 1.74. The summed E-state index contributed by atoms with van der Waals surface area (Å²) in [5.41, 5.74) is 0.416. The molecule has 1 amide bonds. The highest BCUT2D eigenvalue weighted by atomic mass is 16.8. The van der Waals surface area contributed by atoms with Crippen LogP contribution in [0.2, 0.25) is 0 Å². The SMILES string of the molecule is COc1ccc2c(c1)O[C@@H](O[C@@H]1O[C@H](CO)[C@@H](O)[C@H](O)[C@H]1O)C(=O)N2. The molecular weight excluding hydrogens is 338 g/mol. The minimum absolute atomic E-state index is 0.286. The van der Waals surface area contributed by atoms with Crippen molar-refractivity contribution in [1.82, 2.24) is 0 Å². The minimum Gasteiger partial charge on any atom is -0.497 e. The lowest BCUT2D eigenvalue weighted by molar-refractivity contribution is -0.322. The quantitative estimate of drug-likeness (QED) is 0.420. The van der Waals surface area contributed by atoms with Crippen LogP contribution < -0.4 is 14.8 Å². The molecule has 0 radical (unpaired) electrons. The normalized spacial score (nSPS) is 34.7. The van der Waals surface area contributed by atoms with Crippen LogP contribution in [0.3, 0.4) is 0 Å². The van der Waals surface area contributed by atoms with E-state index in [0.717, 1.165) is 0 Å². The van der Waals surface area contributed by atoms with Crippen LogP contribution in [-0.2, 0) is 14.3 Å². The molecule has 1 aromatic carbocycles. The number of amides is 1. The molecule has 2 aliphatic rings. The van der Waals surface area contributed by atoms with E-state index < -0.39 is 49.5 Å². The predicted octanol–water partition coefficient (Wildman–Crippen LogP) is -1.83. The summed E-state index contributed by atoms with van der Waals surface area (Å²) in [4.78, 5) is 12.1. The Hall–Kier alpha value is -1.95. The molecule has 0 saturated carbocycles. The van der Waals surface area contributed by atoms with Crippen molar-refractivity contribution in [2.75, 3.05) is 19.0 Å². The molecule has 6 atom stereocenters. The van der Waals surface area contributed by atoms with E-state index in [1.54, 1.807) is 18.2 Å². The van der Waals surface area contributed by atoms with E-state index in [2.05, 4.69) is 5.32 Å². The van der Waals surface area contributed by atoms with Crippen LogP contribution in [0, 0.1) is 0 Å². The van der Waals surface area contributed by atoms with Gasteiger partial charge in [0.05, 0.1) is 19.4 Å². The lowest BCUT2D eigenvalue weighted by Gasteiger charge is -2.40. The maximum Gasteiger partial charge on any atom is 0.294 e. The Morgan fingerprint density at radius 3 is 2.64 bits per heavy atom. The molecule has 0 aliphatic carbocycles. The summed E-state index contributed by atoms with van der Waals surface area (Å²) in [6.45, 7) is -0.609. The first-order valence-corrected chi connectivity index (χ1v) is 7.56. The minimum atomic E-state index is -1.64. The molecule has 0 bridgehead atoms. The van der Waals surface area contributed by atoms with Gasteiger partial charge in [0.1, 0.15) is 30.2 Å². The van der Waals surface area contributed by atoms with Gasteiger partial charge in [0.2, 0.25) is 0 Å². The summed E-state index contributed by atoms with van der Waals surface area (Å²) < 4.78 is 21.0. The molecule has 10 heteroatoms. The maximum absolute atomic E-state index is 12.1. The largest absolute Gasteiger partial charge is 0.497 e. The van der Waals surface area contributed by atoms with E-state index >= 15 is 0 Å². The van der Waals surface area contributed by atoms with Gasteiger partial charge in [-0.2, -0.15) is 0 Å². The third kappa shape index (κ3) is 3.40. The van der Waals surface area contributed by atoms with Crippen molar-refractivity contribution in [2.45, 2.75) is 37.0 Å². The average Bonchev–Trinajstić information content (AvgIpc) is 2.62. The van der Waals surface area contributed by atoms with Gasteiger partial charge in [-0.15, -0.1) is 0 Å². The van der Waals surface area contributed by atoms with Gasteiger partial charge in [0.25, 0.3) is 12.2 Å². The second-order valence-corrected chi connectivity index (χ2v) is 5.63. The fourth-order valence-electron chi connectivity index (χ4n) is 2.58. The van der Waals surface area contributed by atoms with Crippen LogP contribution in [0.25, 0.3) is 0 Å². The zero-order valence-corrected chi connectivity index (χ0v) is 13.2. The summed E-state index contributed by atoms with van der Waals surface area (Å²) in [5, 5.41) is 41.2. The standard InChI is InChI=1S/C15H19NO9/c1-22-6-2-3-7-8(4-6)23-15(13(21)16-7)25-14-12(20)11(19)10(18)9(5-17)24-14/h2-4,9-12,14-15,17-20H,5H2,1H3,(H,16,21)/t9-,10-,11+,12-,14+,15+/m1/s1. The number of hydrogen-bond donors (Lipinski definition) is 5. The van der Waals surface area contributed by atoms with Crippen LogP contribution >= 0.6 is 0 Å². The van der Waals surface area contributed by atoms with Gasteiger partial charge in [0.15, 0.2) is 12.0 Å². The summed E-state index contributed by atoms with van der Waals surface area (Å²) in [5.74, 6) is 0.143. The van der Waals surface area contributed by atoms with E-state index in [4.69, 9.17) is 18.9 Å². The molecule has 3 rings (SSSR count).